The van der Waals surface area contributed by atoms with Gasteiger partial charge in [0, 0.05) is 51.7 Å². The van der Waals surface area contributed by atoms with Crippen molar-refractivity contribution in [3.63, 3.8) is 0 Å². The van der Waals surface area contributed by atoms with E-state index < -0.39 is 23.6 Å². The van der Waals surface area contributed by atoms with Crippen LogP contribution in [0, 0.1) is 5.92 Å². The minimum absolute atomic E-state index is 0.0905. The van der Waals surface area contributed by atoms with Crippen LogP contribution in [0.1, 0.15) is 24.0 Å². The van der Waals surface area contributed by atoms with Crippen molar-refractivity contribution >= 4 is 11.9 Å². The molecule has 6 nitrogen and oxygen atoms in total. The molecule has 0 radical (unpaired) electrons. The maximum atomic E-state index is 13.2. The topological polar surface area (TPSA) is 55.9 Å². The van der Waals surface area contributed by atoms with Gasteiger partial charge in [0.15, 0.2) is 0 Å². The Hall–Kier alpha value is -2.29. The smallest absolute Gasteiger partial charge is 0.340 e. The summed E-state index contributed by atoms with van der Waals surface area (Å²) in [6.07, 6.45) is -4.45. The van der Waals surface area contributed by atoms with E-state index >= 15 is 0 Å². The largest absolute Gasteiger partial charge is 0.416 e. The van der Waals surface area contributed by atoms with Crippen LogP contribution >= 0.6 is 0 Å². The Morgan fingerprint density at radius 1 is 1.10 bits per heavy atom. The number of hydrogen-bond acceptors (Lipinski definition) is 3. The van der Waals surface area contributed by atoms with Gasteiger partial charge in [-0.2, -0.15) is 13.2 Å². The van der Waals surface area contributed by atoms with Crippen molar-refractivity contribution in [3.8, 4) is 0 Å². The Morgan fingerprint density at radius 2 is 1.79 bits per heavy atom. The van der Waals surface area contributed by atoms with Gasteiger partial charge in [-0.15, -0.1) is 0 Å². The fraction of sp³-hybridized carbons (Fsp3) is 0.600. The van der Waals surface area contributed by atoms with Gasteiger partial charge in [-0.3, -0.25) is 4.79 Å². The molecule has 160 valence electrons. The molecule has 2 atom stereocenters. The minimum atomic E-state index is -4.45. The van der Waals surface area contributed by atoms with E-state index in [0.717, 1.165) is 25.2 Å². The van der Waals surface area contributed by atoms with Crippen molar-refractivity contribution in [2.24, 2.45) is 5.92 Å². The Morgan fingerprint density at radius 3 is 2.41 bits per heavy atom. The number of nitrogens with one attached hydrogen (secondary N) is 1. The van der Waals surface area contributed by atoms with E-state index in [0.29, 0.717) is 25.2 Å². The van der Waals surface area contributed by atoms with Crippen molar-refractivity contribution in [1.82, 2.24) is 20.0 Å². The van der Waals surface area contributed by atoms with Crippen LogP contribution < -0.4 is 5.32 Å². The Balaban J connectivity index is 1.87. The van der Waals surface area contributed by atoms with Gasteiger partial charge in [-0.1, -0.05) is 18.2 Å². The van der Waals surface area contributed by atoms with Crippen molar-refractivity contribution in [1.29, 1.82) is 0 Å². The molecule has 3 rings (SSSR count). The Bertz CT molecular complexity index is 747. The first-order chi connectivity index (χ1) is 13.7. The zero-order chi connectivity index (χ0) is 21.2. The zero-order valence-corrected chi connectivity index (χ0v) is 16.7. The van der Waals surface area contributed by atoms with Crippen molar-refractivity contribution in [3.05, 3.63) is 35.4 Å². The Kier molecular flexibility index (Phi) is 6.36. The van der Waals surface area contributed by atoms with E-state index in [1.54, 1.807) is 17.9 Å². The van der Waals surface area contributed by atoms with Crippen LogP contribution in [0.15, 0.2) is 24.3 Å². The average molecular weight is 412 g/mol. The predicted molar refractivity (Wildman–Crippen MR) is 102 cm³/mol. The average Bonchev–Trinajstić information content (AvgIpc) is 3.13. The van der Waals surface area contributed by atoms with E-state index in [1.807, 2.05) is 7.05 Å². The first-order valence-electron chi connectivity index (χ1n) is 9.88. The number of benzene rings is 1. The fourth-order valence-electron chi connectivity index (χ4n) is 4.03. The number of likely N-dealkylation sites (tertiary alicyclic amines) is 1. The van der Waals surface area contributed by atoms with Crippen LogP contribution in [0.4, 0.5) is 18.0 Å². The van der Waals surface area contributed by atoms with Gasteiger partial charge in [0.25, 0.3) is 0 Å². The summed E-state index contributed by atoms with van der Waals surface area (Å²) < 4.78 is 39.6. The third kappa shape index (κ3) is 4.83. The van der Waals surface area contributed by atoms with Gasteiger partial charge in [0.1, 0.15) is 0 Å². The van der Waals surface area contributed by atoms with E-state index in [9.17, 15) is 22.8 Å². The van der Waals surface area contributed by atoms with Crippen molar-refractivity contribution in [2.75, 3.05) is 52.9 Å². The molecule has 2 aliphatic rings. The second-order valence-electron chi connectivity index (χ2n) is 7.71. The number of piperazine rings is 1. The molecule has 0 aromatic heterocycles. The number of rotatable bonds is 3. The van der Waals surface area contributed by atoms with Crippen LogP contribution in [0.2, 0.25) is 0 Å². The molecule has 0 spiro atoms. The number of carbonyl (C=O) groups is 2. The number of hydrogen-bond donors (Lipinski definition) is 1. The standard InChI is InChI=1S/C20H27F3N4O2/c1-3-24-19(29)27-12-16(14-5-4-6-15(11-14)20(21,22)23)17(13-27)18(28)26-9-7-25(2)8-10-26/h4-6,11,16-17H,3,7-10,12-13H2,1-2H3,(H,24,29)/t16-,17-/m1/s1. The lowest BCUT2D eigenvalue weighted by molar-refractivity contribution is -0.137. The molecule has 2 saturated heterocycles. The highest BCUT2D eigenvalue weighted by Gasteiger charge is 2.43. The number of halogens is 3. The fourth-order valence-corrected chi connectivity index (χ4v) is 4.03. The van der Waals surface area contributed by atoms with Gasteiger partial charge in [0.2, 0.25) is 5.91 Å². The molecule has 1 aromatic rings. The highest BCUT2D eigenvalue weighted by atomic mass is 19.4. The Labute approximate surface area is 168 Å². The van der Waals surface area contributed by atoms with Gasteiger partial charge in [-0.25, -0.2) is 4.79 Å². The summed E-state index contributed by atoms with van der Waals surface area (Å²) in [5.74, 6) is -1.11. The molecule has 9 heteroatoms. The molecular formula is C20H27F3N4O2. The predicted octanol–water partition coefficient (Wildman–Crippen LogP) is 2.22. The number of likely N-dealkylation sites (N-methyl/N-ethyl adjacent to an activating group) is 1. The molecule has 2 heterocycles. The monoisotopic (exact) mass is 412 g/mol. The van der Waals surface area contributed by atoms with E-state index in [-0.39, 0.29) is 25.0 Å². The third-order valence-corrected chi connectivity index (χ3v) is 5.71. The number of amides is 3. The van der Waals surface area contributed by atoms with Gasteiger partial charge in [0.05, 0.1) is 11.5 Å². The van der Waals surface area contributed by atoms with Gasteiger partial charge in [-0.05, 0) is 25.6 Å². The molecule has 0 bridgehead atoms. The number of urea groups is 1. The molecule has 29 heavy (non-hydrogen) atoms. The SMILES string of the molecule is CCNC(=O)N1C[C@H](c2cccc(C(F)(F)F)c2)[C@H](C(=O)N2CCN(C)CC2)C1. The van der Waals surface area contributed by atoms with Crippen LogP contribution in [-0.2, 0) is 11.0 Å². The van der Waals surface area contributed by atoms with Crippen molar-refractivity contribution in [2.45, 2.75) is 19.0 Å². The summed E-state index contributed by atoms with van der Waals surface area (Å²) >= 11 is 0. The molecule has 1 aromatic carbocycles. The first-order valence-corrected chi connectivity index (χ1v) is 9.88. The summed E-state index contributed by atoms with van der Waals surface area (Å²) in [6.45, 7) is 5.35. The quantitative estimate of drug-likeness (QED) is 0.829. The normalized spacial score (nSPS) is 23.3. The molecule has 0 aliphatic carbocycles. The minimum Gasteiger partial charge on any atom is -0.340 e. The lowest BCUT2D eigenvalue weighted by atomic mass is 9.87. The maximum absolute atomic E-state index is 13.2. The third-order valence-electron chi connectivity index (χ3n) is 5.71. The van der Waals surface area contributed by atoms with Crippen molar-refractivity contribution < 1.29 is 22.8 Å². The zero-order valence-electron chi connectivity index (χ0n) is 16.7. The highest BCUT2D eigenvalue weighted by Crippen LogP contribution is 2.37. The van der Waals surface area contributed by atoms with Gasteiger partial charge < -0.3 is 20.0 Å². The summed E-state index contributed by atoms with van der Waals surface area (Å²) in [5, 5.41) is 2.72. The van der Waals surface area contributed by atoms with E-state index in [1.165, 1.54) is 11.0 Å². The lowest BCUT2D eigenvalue weighted by Gasteiger charge is -2.35. The summed E-state index contributed by atoms with van der Waals surface area (Å²) in [4.78, 5) is 31.0. The molecule has 3 amide bonds. The number of alkyl halides is 3. The number of nitrogens with zero attached hydrogens (tertiary/aromatic N) is 3. The summed E-state index contributed by atoms with van der Waals surface area (Å²) in [5.41, 5.74) is -0.295. The molecule has 0 saturated carbocycles. The molecule has 2 aliphatic heterocycles. The lowest BCUT2D eigenvalue weighted by Crippen LogP contribution is -2.50. The highest BCUT2D eigenvalue weighted by molar-refractivity contribution is 5.83. The first kappa shape index (κ1) is 21.4. The summed E-state index contributed by atoms with van der Waals surface area (Å²) in [7, 11) is 1.99. The van der Waals surface area contributed by atoms with Crippen LogP contribution in [0.5, 0.6) is 0 Å². The molecule has 2 fully saturated rings. The molecular weight excluding hydrogens is 385 g/mol. The second-order valence-corrected chi connectivity index (χ2v) is 7.71. The van der Waals surface area contributed by atoms with Crippen LogP contribution in [0.3, 0.4) is 0 Å². The maximum Gasteiger partial charge on any atom is 0.416 e. The summed E-state index contributed by atoms with van der Waals surface area (Å²) in [6, 6.07) is 4.82. The second kappa shape index (κ2) is 8.61. The van der Waals surface area contributed by atoms with E-state index in [4.69, 9.17) is 0 Å². The van der Waals surface area contributed by atoms with Crippen LogP contribution in [0.25, 0.3) is 0 Å². The number of carbonyl (C=O) groups excluding carboxylic acids is 2. The molecule has 0 unspecified atom stereocenters. The van der Waals surface area contributed by atoms with Gasteiger partial charge >= 0.3 is 12.2 Å². The van der Waals surface area contributed by atoms with Crippen LogP contribution in [-0.4, -0.2) is 79.5 Å². The molecule has 1 N–H and O–H groups in total. The van der Waals surface area contributed by atoms with E-state index in [2.05, 4.69) is 10.2 Å².